The van der Waals surface area contributed by atoms with Gasteiger partial charge in [-0.15, -0.1) is 0 Å². The summed E-state index contributed by atoms with van der Waals surface area (Å²) in [5.41, 5.74) is 3.82. The highest BCUT2D eigenvalue weighted by Gasteiger charge is 2.38. The Kier molecular flexibility index (Phi) is 5.14. The second-order valence-corrected chi connectivity index (χ2v) is 6.66. The van der Waals surface area contributed by atoms with Gasteiger partial charge in [-0.2, -0.15) is 0 Å². The zero-order valence-corrected chi connectivity index (χ0v) is 14.7. The van der Waals surface area contributed by atoms with Crippen LogP contribution in [-0.2, 0) is 6.54 Å². The molecule has 1 aromatic heterocycles. The highest BCUT2D eigenvalue weighted by molar-refractivity contribution is 5.80. The molecular weight excluding hydrogens is 296 g/mol. The van der Waals surface area contributed by atoms with E-state index < -0.39 is 0 Å². The Bertz CT molecular complexity index is 677. The number of rotatable bonds is 5. The maximum Gasteiger partial charge on any atom is 0.191 e. The third kappa shape index (κ3) is 4.13. The Balaban J connectivity index is 1.51. The van der Waals surface area contributed by atoms with Crippen LogP contribution in [-0.4, -0.2) is 24.0 Å². The zero-order chi connectivity index (χ0) is 16.9. The number of pyridine rings is 1. The number of nitrogens with one attached hydrogen (secondary N) is 2. The maximum absolute atomic E-state index is 4.32. The van der Waals surface area contributed by atoms with Gasteiger partial charge in [0.2, 0.25) is 0 Å². The lowest BCUT2D eigenvalue weighted by molar-refractivity contribution is 0.778. The summed E-state index contributed by atoms with van der Waals surface area (Å²) >= 11 is 0. The molecule has 2 N–H and O–H groups in total. The van der Waals surface area contributed by atoms with Crippen LogP contribution in [0.25, 0.3) is 0 Å². The van der Waals surface area contributed by atoms with E-state index in [9.17, 15) is 0 Å². The van der Waals surface area contributed by atoms with Crippen LogP contribution in [0.3, 0.4) is 0 Å². The van der Waals surface area contributed by atoms with Crippen molar-refractivity contribution in [2.75, 3.05) is 7.05 Å². The number of nitrogens with zero attached hydrogens (tertiary/aromatic N) is 2. The van der Waals surface area contributed by atoms with Gasteiger partial charge in [0.05, 0.1) is 12.2 Å². The molecule has 0 bridgehead atoms. The molecule has 2 unspecified atom stereocenters. The molecule has 126 valence electrons. The topological polar surface area (TPSA) is 49.3 Å². The van der Waals surface area contributed by atoms with Crippen LogP contribution in [0.4, 0.5) is 0 Å². The van der Waals surface area contributed by atoms with E-state index in [0.717, 1.165) is 18.1 Å². The SMILES string of the molecule is CN=C(NCc1ccccn1)NC1CC1c1ccc(C(C)C)cc1. The van der Waals surface area contributed by atoms with E-state index in [2.05, 4.69) is 58.7 Å². The lowest BCUT2D eigenvalue weighted by Gasteiger charge is -2.12. The Morgan fingerprint density at radius 2 is 2.00 bits per heavy atom. The Morgan fingerprint density at radius 1 is 1.21 bits per heavy atom. The first-order valence-electron chi connectivity index (χ1n) is 8.64. The predicted octanol–water partition coefficient (Wildman–Crippen LogP) is 3.43. The molecular formula is C20H26N4. The number of benzene rings is 1. The summed E-state index contributed by atoms with van der Waals surface area (Å²) in [6.07, 6.45) is 2.97. The summed E-state index contributed by atoms with van der Waals surface area (Å²) < 4.78 is 0. The van der Waals surface area contributed by atoms with Crippen molar-refractivity contribution in [2.45, 2.75) is 44.7 Å². The van der Waals surface area contributed by atoms with Crippen LogP contribution in [0.5, 0.6) is 0 Å². The van der Waals surface area contributed by atoms with E-state index >= 15 is 0 Å². The van der Waals surface area contributed by atoms with Gasteiger partial charge in [0.15, 0.2) is 5.96 Å². The smallest absolute Gasteiger partial charge is 0.191 e. The van der Waals surface area contributed by atoms with Crippen molar-refractivity contribution in [3.05, 3.63) is 65.5 Å². The summed E-state index contributed by atoms with van der Waals surface area (Å²) in [7, 11) is 1.81. The zero-order valence-electron chi connectivity index (χ0n) is 14.7. The first kappa shape index (κ1) is 16.5. The Labute approximate surface area is 144 Å². The largest absolute Gasteiger partial charge is 0.353 e. The average Bonchev–Trinajstić information content (AvgIpc) is 3.38. The third-order valence-corrected chi connectivity index (χ3v) is 4.53. The van der Waals surface area contributed by atoms with Crippen molar-refractivity contribution >= 4 is 5.96 Å². The molecule has 1 aromatic carbocycles. The maximum atomic E-state index is 4.32. The number of hydrogen-bond donors (Lipinski definition) is 2. The van der Waals surface area contributed by atoms with Gasteiger partial charge in [-0.25, -0.2) is 0 Å². The van der Waals surface area contributed by atoms with Gasteiger partial charge in [-0.05, 0) is 35.6 Å². The van der Waals surface area contributed by atoms with E-state index in [4.69, 9.17) is 0 Å². The van der Waals surface area contributed by atoms with E-state index in [1.54, 1.807) is 0 Å². The van der Waals surface area contributed by atoms with Crippen molar-refractivity contribution in [3.63, 3.8) is 0 Å². The van der Waals surface area contributed by atoms with E-state index in [0.29, 0.717) is 24.4 Å². The average molecular weight is 322 g/mol. The molecule has 0 saturated heterocycles. The van der Waals surface area contributed by atoms with Crippen LogP contribution >= 0.6 is 0 Å². The molecule has 1 aliphatic carbocycles. The van der Waals surface area contributed by atoms with Gasteiger partial charge in [0, 0.05) is 25.2 Å². The van der Waals surface area contributed by atoms with Crippen molar-refractivity contribution in [3.8, 4) is 0 Å². The monoisotopic (exact) mass is 322 g/mol. The molecule has 2 aromatic rings. The fraction of sp³-hybridized carbons (Fsp3) is 0.400. The first-order valence-corrected chi connectivity index (χ1v) is 8.64. The van der Waals surface area contributed by atoms with E-state index in [1.807, 2.05) is 31.4 Å². The van der Waals surface area contributed by atoms with Crippen molar-refractivity contribution < 1.29 is 0 Å². The summed E-state index contributed by atoms with van der Waals surface area (Å²) in [4.78, 5) is 8.63. The van der Waals surface area contributed by atoms with E-state index in [1.165, 1.54) is 11.1 Å². The molecule has 1 aliphatic rings. The van der Waals surface area contributed by atoms with Crippen LogP contribution in [0, 0.1) is 0 Å². The predicted molar refractivity (Wildman–Crippen MR) is 99.2 cm³/mol. The second kappa shape index (κ2) is 7.47. The Hall–Kier alpha value is -2.36. The molecule has 4 nitrogen and oxygen atoms in total. The molecule has 0 radical (unpaired) electrons. The fourth-order valence-electron chi connectivity index (χ4n) is 2.90. The number of aromatic nitrogens is 1. The molecule has 0 spiro atoms. The molecule has 24 heavy (non-hydrogen) atoms. The minimum atomic E-state index is 0.463. The summed E-state index contributed by atoms with van der Waals surface area (Å²) in [5, 5.41) is 6.84. The molecule has 1 heterocycles. The summed E-state index contributed by atoms with van der Waals surface area (Å²) in [5.74, 6) is 2.01. The highest BCUT2D eigenvalue weighted by atomic mass is 15.2. The molecule has 4 heteroatoms. The van der Waals surface area contributed by atoms with Crippen LogP contribution < -0.4 is 10.6 Å². The molecule has 1 fully saturated rings. The molecule has 1 saturated carbocycles. The van der Waals surface area contributed by atoms with Gasteiger partial charge < -0.3 is 10.6 Å². The molecule has 3 rings (SSSR count). The van der Waals surface area contributed by atoms with Gasteiger partial charge >= 0.3 is 0 Å². The van der Waals surface area contributed by atoms with Crippen molar-refractivity contribution in [1.82, 2.24) is 15.6 Å². The molecule has 2 atom stereocenters. The Morgan fingerprint density at radius 3 is 2.62 bits per heavy atom. The van der Waals surface area contributed by atoms with Gasteiger partial charge in [-0.3, -0.25) is 9.98 Å². The van der Waals surface area contributed by atoms with Gasteiger partial charge in [0.1, 0.15) is 0 Å². The van der Waals surface area contributed by atoms with E-state index in [-0.39, 0.29) is 0 Å². The standard InChI is InChI=1S/C20H26N4/c1-14(2)15-7-9-16(10-8-15)18-12-19(18)24-20(21-3)23-13-17-6-4-5-11-22-17/h4-11,14,18-19H,12-13H2,1-3H3,(H2,21,23,24). The lowest BCUT2D eigenvalue weighted by Crippen LogP contribution is -2.38. The summed E-state index contributed by atoms with van der Waals surface area (Å²) in [6, 6.07) is 15.4. The molecule has 0 amide bonds. The normalized spacial score (nSPS) is 20.1. The number of hydrogen-bond acceptors (Lipinski definition) is 2. The minimum absolute atomic E-state index is 0.463. The second-order valence-electron chi connectivity index (χ2n) is 6.66. The highest BCUT2D eigenvalue weighted by Crippen LogP contribution is 2.41. The van der Waals surface area contributed by atoms with Gasteiger partial charge in [-0.1, -0.05) is 44.2 Å². The lowest BCUT2D eigenvalue weighted by atomic mass is 10.0. The van der Waals surface area contributed by atoms with Crippen LogP contribution in [0.2, 0.25) is 0 Å². The van der Waals surface area contributed by atoms with Crippen LogP contribution in [0.15, 0.2) is 53.7 Å². The fourth-order valence-corrected chi connectivity index (χ4v) is 2.90. The van der Waals surface area contributed by atoms with Gasteiger partial charge in [0.25, 0.3) is 0 Å². The third-order valence-electron chi connectivity index (χ3n) is 4.53. The summed E-state index contributed by atoms with van der Waals surface area (Å²) in [6.45, 7) is 5.14. The molecule has 0 aliphatic heterocycles. The minimum Gasteiger partial charge on any atom is -0.353 e. The van der Waals surface area contributed by atoms with Crippen LogP contribution in [0.1, 0.15) is 48.9 Å². The van der Waals surface area contributed by atoms with Crippen molar-refractivity contribution in [2.24, 2.45) is 4.99 Å². The first-order chi connectivity index (χ1) is 11.7. The van der Waals surface area contributed by atoms with Crippen molar-refractivity contribution in [1.29, 1.82) is 0 Å². The number of guanidine groups is 1. The number of aliphatic imine (C=N–C) groups is 1. The quantitative estimate of drug-likeness (QED) is 0.655.